The molecule has 2 rings (SSSR count). The van der Waals surface area contributed by atoms with Gasteiger partial charge >= 0.3 is 0 Å². The zero-order chi connectivity index (χ0) is 13.1. The molecule has 1 aliphatic rings. The molecule has 0 radical (unpaired) electrons. The third-order valence-electron chi connectivity index (χ3n) is 3.45. The summed E-state index contributed by atoms with van der Waals surface area (Å²) in [6.07, 6.45) is 3.48. The highest BCUT2D eigenvalue weighted by Gasteiger charge is 2.26. The van der Waals surface area contributed by atoms with E-state index < -0.39 is 5.91 Å². The molecule has 98 valence electrons. The fraction of sp³-hybridized carbons (Fsp3) is 0.538. The van der Waals surface area contributed by atoms with Crippen LogP contribution in [-0.2, 0) is 0 Å². The van der Waals surface area contributed by atoms with Gasteiger partial charge in [0.15, 0.2) is 0 Å². The molecule has 1 heterocycles. The van der Waals surface area contributed by atoms with Crippen LogP contribution in [0.15, 0.2) is 12.1 Å². The second-order valence-corrected chi connectivity index (χ2v) is 4.62. The summed E-state index contributed by atoms with van der Waals surface area (Å²) in [5, 5.41) is 9.99. The minimum Gasteiger partial charge on any atom is -0.480 e. The van der Waals surface area contributed by atoms with Crippen LogP contribution < -0.4 is 10.5 Å². The smallest absolute Gasteiger partial charge is 0.254 e. The third kappa shape index (κ3) is 2.46. The maximum Gasteiger partial charge on any atom is 0.254 e. The van der Waals surface area contributed by atoms with Crippen LogP contribution in [0.4, 0.5) is 0 Å². The van der Waals surface area contributed by atoms with Gasteiger partial charge in [0.1, 0.15) is 5.56 Å². The number of carbonyl (C=O) groups excluding carboxylic acids is 1. The maximum absolute atomic E-state index is 11.2. The second-order valence-electron chi connectivity index (χ2n) is 4.62. The average molecular weight is 250 g/mol. The number of hydrogen-bond acceptors (Lipinski definition) is 4. The Balaban J connectivity index is 2.31. The standard InChI is InChI=1S/C13H18N2O3/c1-18-13-9(12(14)17)6-7-10(15-13)8-4-2-3-5-11(8)16/h6-8,11,16H,2-5H2,1H3,(H2,14,17). The van der Waals surface area contributed by atoms with Gasteiger partial charge in [0, 0.05) is 5.92 Å². The first-order valence-electron chi connectivity index (χ1n) is 6.16. The molecule has 1 amide bonds. The van der Waals surface area contributed by atoms with Crippen LogP contribution in [0.5, 0.6) is 5.88 Å². The number of aliphatic hydroxyl groups excluding tert-OH is 1. The number of aromatic nitrogens is 1. The van der Waals surface area contributed by atoms with Crippen molar-refractivity contribution in [1.82, 2.24) is 4.98 Å². The van der Waals surface area contributed by atoms with Crippen molar-refractivity contribution in [2.24, 2.45) is 5.73 Å². The van der Waals surface area contributed by atoms with Crippen molar-refractivity contribution in [3.8, 4) is 5.88 Å². The molecule has 1 aliphatic carbocycles. The summed E-state index contributed by atoms with van der Waals surface area (Å²) in [4.78, 5) is 15.5. The van der Waals surface area contributed by atoms with E-state index in [4.69, 9.17) is 10.5 Å². The summed E-state index contributed by atoms with van der Waals surface area (Å²) in [7, 11) is 1.45. The van der Waals surface area contributed by atoms with E-state index in [1.165, 1.54) is 7.11 Å². The van der Waals surface area contributed by atoms with E-state index in [9.17, 15) is 9.90 Å². The molecule has 3 N–H and O–H groups in total. The molecule has 0 bridgehead atoms. The summed E-state index contributed by atoms with van der Waals surface area (Å²) < 4.78 is 5.08. The molecule has 1 fully saturated rings. The van der Waals surface area contributed by atoms with Gasteiger partial charge in [-0.25, -0.2) is 4.98 Å². The average Bonchev–Trinajstić information content (AvgIpc) is 2.38. The molecule has 0 saturated heterocycles. The second kappa shape index (κ2) is 5.35. The lowest BCUT2D eigenvalue weighted by Gasteiger charge is -2.27. The highest BCUT2D eigenvalue weighted by Crippen LogP contribution is 2.33. The summed E-state index contributed by atoms with van der Waals surface area (Å²) >= 11 is 0. The van der Waals surface area contributed by atoms with Crippen molar-refractivity contribution in [3.05, 3.63) is 23.4 Å². The first-order chi connectivity index (χ1) is 8.63. The van der Waals surface area contributed by atoms with Gasteiger partial charge < -0.3 is 15.6 Å². The molecule has 5 nitrogen and oxygen atoms in total. The zero-order valence-electron chi connectivity index (χ0n) is 10.4. The number of carbonyl (C=O) groups is 1. The van der Waals surface area contributed by atoms with Crippen molar-refractivity contribution >= 4 is 5.91 Å². The van der Waals surface area contributed by atoms with Crippen LogP contribution >= 0.6 is 0 Å². The van der Waals surface area contributed by atoms with Gasteiger partial charge in [0.05, 0.1) is 18.9 Å². The molecular weight excluding hydrogens is 232 g/mol. The van der Waals surface area contributed by atoms with Crippen molar-refractivity contribution in [2.45, 2.75) is 37.7 Å². The Labute approximate surface area is 106 Å². The molecule has 1 aromatic heterocycles. The number of nitrogens with zero attached hydrogens (tertiary/aromatic N) is 1. The van der Waals surface area contributed by atoms with Gasteiger partial charge in [-0.05, 0) is 25.0 Å². The van der Waals surface area contributed by atoms with E-state index in [0.29, 0.717) is 0 Å². The number of ether oxygens (including phenoxy) is 1. The summed E-state index contributed by atoms with van der Waals surface area (Å²) in [5.41, 5.74) is 6.28. The molecule has 0 spiro atoms. The molecule has 0 aliphatic heterocycles. The number of aliphatic hydroxyl groups is 1. The molecule has 0 aromatic carbocycles. The first kappa shape index (κ1) is 12.8. The summed E-state index contributed by atoms with van der Waals surface area (Å²) in [5.74, 6) is -0.303. The largest absolute Gasteiger partial charge is 0.480 e. The van der Waals surface area contributed by atoms with Gasteiger partial charge in [-0.1, -0.05) is 12.8 Å². The number of methoxy groups -OCH3 is 1. The highest BCUT2D eigenvalue weighted by atomic mass is 16.5. The van der Waals surface area contributed by atoms with Gasteiger partial charge in [0.2, 0.25) is 5.88 Å². The predicted molar refractivity (Wildman–Crippen MR) is 66.5 cm³/mol. The van der Waals surface area contributed by atoms with E-state index in [1.54, 1.807) is 12.1 Å². The minimum absolute atomic E-state index is 0.0228. The fourth-order valence-electron chi connectivity index (χ4n) is 2.46. The van der Waals surface area contributed by atoms with Gasteiger partial charge in [-0.15, -0.1) is 0 Å². The number of hydrogen-bond donors (Lipinski definition) is 2. The lowest BCUT2D eigenvalue weighted by molar-refractivity contribution is 0.0995. The Morgan fingerprint density at radius 1 is 1.44 bits per heavy atom. The molecule has 18 heavy (non-hydrogen) atoms. The number of pyridine rings is 1. The van der Waals surface area contributed by atoms with E-state index in [1.807, 2.05) is 0 Å². The van der Waals surface area contributed by atoms with Crippen LogP contribution in [0.25, 0.3) is 0 Å². The van der Waals surface area contributed by atoms with Crippen LogP contribution in [0.3, 0.4) is 0 Å². The van der Waals surface area contributed by atoms with E-state index in [0.717, 1.165) is 31.4 Å². The Morgan fingerprint density at radius 3 is 2.78 bits per heavy atom. The topological polar surface area (TPSA) is 85.4 Å². The van der Waals surface area contributed by atoms with Crippen LogP contribution in [0, 0.1) is 0 Å². The van der Waals surface area contributed by atoms with E-state index in [-0.39, 0.29) is 23.5 Å². The van der Waals surface area contributed by atoms with Crippen molar-refractivity contribution < 1.29 is 14.6 Å². The SMILES string of the molecule is COc1nc(C2CCCCC2O)ccc1C(N)=O. The van der Waals surface area contributed by atoms with Crippen molar-refractivity contribution in [2.75, 3.05) is 7.11 Å². The van der Waals surface area contributed by atoms with Gasteiger partial charge in [-0.3, -0.25) is 4.79 Å². The molecule has 2 atom stereocenters. The van der Waals surface area contributed by atoms with Crippen LogP contribution in [-0.4, -0.2) is 29.2 Å². The molecule has 1 aromatic rings. The number of rotatable bonds is 3. The van der Waals surface area contributed by atoms with Crippen molar-refractivity contribution in [3.63, 3.8) is 0 Å². The molecule has 1 saturated carbocycles. The highest BCUT2D eigenvalue weighted by molar-refractivity contribution is 5.95. The van der Waals surface area contributed by atoms with Crippen molar-refractivity contribution in [1.29, 1.82) is 0 Å². The normalized spacial score (nSPS) is 23.7. The van der Waals surface area contributed by atoms with Crippen LogP contribution in [0.1, 0.15) is 47.7 Å². The van der Waals surface area contributed by atoms with E-state index >= 15 is 0 Å². The predicted octanol–water partition coefficient (Wildman–Crippen LogP) is 1.21. The molecular formula is C13H18N2O3. The quantitative estimate of drug-likeness (QED) is 0.844. The van der Waals surface area contributed by atoms with E-state index in [2.05, 4.69) is 4.98 Å². The molecule has 2 unspecified atom stereocenters. The first-order valence-corrected chi connectivity index (χ1v) is 6.16. The minimum atomic E-state index is -0.560. The maximum atomic E-state index is 11.2. The monoisotopic (exact) mass is 250 g/mol. The Bertz CT molecular complexity index is 448. The third-order valence-corrected chi connectivity index (χ3v) is 3.45. The number of amides is 1. The fourth-order valence-corrected chi connectivity index (χ4v) is 2.46. The Morgan fingerprint density at radius 2 is 2.17 bits per heavy atom. The van der Waals surface area contributed by atoms with Gasteiger partial charge in [-0.2, -0.15) is 0 Å². The zero-order valence-corrected chi connectivity index (χ0v) is 10.4. The number of nitrogens with two attached hydrogens (primary N) is 1. The van der Waals surface area contributed by atoms with Gasteiger partial charge in [0.25, 0.3) is 5.91 Å². The molecule has 5 heteroatoms. The summed E-state index contributed by atoms with van der Waals surface area (Å²) in [6.45, 7) is 0. The Hall–Kier alpha value is -1.62. The lowest BCUT2D eigenvalue weighted by atomic mass is 9.84. The van der Waals surface area contributed by atoms with Crippen LogP contribution in [0.2, 0.25) is 0 Å². The number of primary amides is 1. The summed E-state index contributed by atoms with van der Waals surface area (Å²) in [6, 6.07) is 3.37. The Kier molecular flexibility index (Phi) is 3.81. The lowest BCUT2D eigenvalue weighted by Crippen LogP contribution is -2.24.